The van der Waals surface area contributed by atoms with Gasteiger partial charge in [0, 0.05) is 0 Å². The predicted octanol–water partition coefficient (Wildman–Crippen LogP) is 2.42. The van der Waals surface area contributed by atoms with Crippen molar-refractivity contribution in [2.75, 3.05) is 6.54 Å². The summed E-state index contributed by atoms with van der Waals surface area (Å²) in [5.74, 6) is 3.54. The Morgan fingerprint density at radius 2 is 2.08 bits per heavy atom. The molecule has 0 saturated carbocycles. The molecule has 0 amide bonds. The highest BCUT2D eigenvalue weighted by molar-refractivity contribution is 5.09. The van der Waals surface area contributed by atoms with Crippen LogP contribution in [-0.4, -0.2) is 12.1 Å². The first kappa shape index (κ1) is 11.5. The minimum absolute atomic E-state index is 0.102. The Morgan fingerprint density at radius 1 is 1.50 bits per heavy atom. The zero-order valence-corrected chi connectivity index (χ0v) is 8.78. The summed E-state index contributed by atoms with van der Waals surface area (Å²) in [5, 5.41) is 3.39. The van der Waals surface area contributed by atoms with Crippen LogP contribution in [0.4, 0.5) is 0 Å². The lowest BCUT2D eigenvalue weighted by molar-refractivity contribution is 0.413. The molecule has 0 aromatic rings. The molecular weight excluding hydrogens is 146 g/mol. The first-order chi connectivity index (χ1) is 5.54. The van der Waals surface area contributed by atoms with Gasteiger partial charge in [0.25, 0.3) is 0 Å². The molecule has 0 aromatic heterocycles. The molecule has 1 atom stereocenters. The number of hydrogen-bond donors (Lipinski definition) is 1. The van der Waals surface area contributed by atoms with E-state index in [0.29, 0.717) is 0 Å². The van der Waals surface area contributed by atoms with Crippen molar-refractivity contribution in [2.45, 2.75) is 46.1 Å². The molecule has 0 aromatic carbocycles. The van der Waals surface area contributed by atoms with Crippen LogP contribution in [-0.2, 0) is 0 Å². The van der Waals surface area contributed by atoms with Crippen molar-refractivity contribution < 1.29 is 0 Å². The second kappa shape index (κ2) is 5.22. The third-order valence-electron chi connectivity index (χ3n) is 2.26. The topological polar surface area (TPSA) is 12.0 Å². The Balaban J connectivity index is 3.68. The normalized spacial score (nSPS) is 15.7. The lowest BCUT2D eigenvalue weighted by atomic mass is 9.99. The van der Waals surface area contributed by atoms with Crippen LogP contribution in [0, 0.1) is 18.3 Å². The fourth-order valence-corrected chi connectivity index (χ4v) is 0.915. The van der Waals surface area contributed by atoms with Crippen molar-refractivity contribution in [2.24, 2.45) is 5.92 Å². The molecule has 1 N–H and O–H groups in total. The van der Waals surface area contributed by atoms with E-state index in [9.17, 15) is 0 Å². The Kier molecular flexibility index (Phi) is 5.01. The molecule has 0 fully saturated rings. The smallest absolute Gasteiger partial charge is 0.0767 e. The lowest BCUT2D eigenvalue weighted by Crippen LogP contribution is -2.41. The fourth-order valence-electron chi connectivity index (χ4n) is 0.915. The molecule has 0 aliphatic carbocycles. The molecule has 0 aliphatic heterocycles. The Morgan fingerprint density at radius 3 is 2.42 bits per heavy atom. The standard InChI is InChI=1S/C11H21N/c1-6-11(5,7-2)12-9-8-10(3)4/h1,10,12H,7-9H2,2-5H3. The number of terminal acetylenes is 1. The van der Waals surface area contributed by atoms with E-state index in [1.54, 1.807) is 0 Å². The highest BCUT2D eigenvalue weighted by atomic mass is 14.9. The monoisotopic (exact) mass is 167 g/mol. The summed E-state index contributed by atoms with van der Waals surface area (Å²) in [6.07, 6.45) is 7.60. The van der Waals surface area contributed by atoms with Crippen molar-refractivity contribution in [1.29, 1.82) is 0 Å². The van der Waals surface area contributed by atoms with Crippen molar-refractivity contribution in [3.8, 4) is 12.3 Å². The van der Waals surface area contributed by atoms with Gasteiger partial charge in [-0.05, 0) is 32.2 Å². The molecule has 0 spiro atoms. The van der Waals surface area contributed by atoms with E-state index in [0.717, 1.165) is 18.9 Å². The summed E-state index contributed by atoms with van der Waals surface area (Å²) >= 11 is 0. The van der Waals surface area contributed by atoms with E-state index in [2.05, 4.69) is 38.9 Å². The zero-order valence-electron chi connectivity index (χ0n) is 8.78. The first-order valence-electron chi connectivity index (χ1n) is 4.77. The summed E-state index contributed by atoms with van der Waals surface area (Å²) in [6.45, 7) is 9.66. The number of nitrogens with one attached hydrogen (secondary N) is 1. The molecule has 0 rings (SSSR count). The average Bonchev–Trinajstić information content (AvgIpc) is 2.03. The first-order valence-corrected chi connectivity index (χ1v) is 4.77. The SMILES string of the molecule is C#CC(C)(CC)NCCC(C)C. The van der Waals surface area contributed by atoms with Gasteiger partial charge in [-0.2, -0.15) is 0 Å². The van der Waals surface area contributed by atoms with E-state index in [1.165, 1.54) is 6.42 Å². The molecule has 12 heavy (non-hydrogen) atoms. The van der Waals surface area contributed by atoms with Gasteiger partial charge < -0.3 is 5.32 Å². The highest BCUT2D eigenvalue weighted by Crippen LogP contribution is 2.07. The van der Waals surface area contributed by atoms with Gasteiger partial charge in [0.05, 0.1) is 5.54 Å². The maximum atomic E-state index is 5.42. The van der Waals surface area contributed by atoms with Gasteiger partial charge in [-0.1, -0.05) is 26.7 Å². The number of rotatable bonds is 5. The summed E-state index contributed by atoms with van der Waals surface area (Å²) in [6, 6.07) is 0. The van der Waals surface area contributed by atoms with E-state index in [-0.39, 0.29) is 5.54 Å². The predicted molar refractivity (Wildman–Crippen MR) is 55.0 cm³/mol. The van der Waals surface area contributed by atoms with E-state index >= 15 is 0 Å². The summed E-state index contributed by atoms with van der Waals surface area (Å²) in [5.41, 5.74) is -0.102. The van der Waals surface area contributed by atoms with Gasteiger partial charge in [-0.3, -0.25) is 0 Å². The Bertz CT molecular complexity index is 155. The quantitative estimate of drug-likeness (QED) is 0.620. The van der Waals surface area contributed by atoms with Crippen LogP contribution in [0.2, 0.25) is 0 Å². The second-order valence-corrected chi connectivity index (χ2v) is 3.94. The molecule has 0 heterocycles. The van der Waals surface area contributed by atoms with Crippen molar-refractivity contribution in [3.63, 3.8) is 0 Å². The molecule has 1 heteroatoms. The Labute approximate surface area is 76.9 Å². The third kappa shape index (κ3) is 4.41. The van der Waals surface area contributed by atoms with Crippen LogP contribution >= 0.6 is 0 Å². The van der Waals surface area contributed by atoms with Gasteiger partial charge in [0.2, 0.25) is 0 Å². The number of hydrogen-bond acceptors (Lipinski definition) is 1. The van der Waals surface area contributed by atoms with E-state index in [4.69, 9.17) is 6.42 Å². The van der Waals surface area contributed by atoms with Crippen molar-refractivity contribution in [3.05, 3.63) is 0 Å². The summed E-state index contributed by atoms with van der Waals surface area (Å²) < 4.78 is 0. The summed E-state index contributed by atoms with van der Waals surface area (Å²) in [4.78, 5) is 0. The van der Waals surface area contributed by atoms with Gasteiger partial charge in [0.15, 0.2) is 0 Å². The molecular formula is C11H21N. The van der Waals surface area contributed by atoms with Crippen molar-refractivity contribution in [1.82, 2.24) is 5.32 Å². The zero-order chi connectivity index (χ0) is 9.61. The molecule has 70 valence electrons. The van der Waals surface area contributed by atoms with E-state index in [1.807, 2.05) is 0 Å². The van der Waals surface area contributed by atoms with Gasteiger partial charge in [0.1, 0.15) is 0 Å². The molecule has 1 nitrogen and oxygen atoms in total. The van der Waals surface area contributed by atoms with Gasteiger partial charge >= 0.3 is 0 Å². The maximum Gasteiger partial charge on any atom is 0.0767 e. The fraction of sp³-hybridized carbons (Fsp3) is 0.818. The molecule has 0 saturated heterocycles. The Hall–Kier alpha value is -0.480. The maximum absolute atomic E-state index is 5.42. The molecule has 1 unspecified atom stereocenters. The van der Waals surface area contributed by atoms with Crippen molar-refractivity contribution >= 4 is 0 Å². The highest BCUT2D eigenvalue weighted by Gasteiger charge is 2.16. The van der Waals surface area contributed by atoms with Crippen LogP contribution in [0.15, 0.2) is 0 Å². The summed E-state index contributed by atoms with van der Waals surface area (Å²) in [7, 11) is 0. The van der Waals surface area contributed by atoms with Crippen LogP contribution < -0.4 is 5.32 Å². The van der Waals surface area contributed by atoms with Gasteiger partial charge in [-0.15, -0.1) is 6.42 Å². The molecule has 0 radical (unpaired) electrons. The van der Waals surface area contributed by atoms with E-state index < -0.39 is 0 Å². The van der Waals surface area contributed by atoms with Crippen LogP contribution in [0.5, 0.6) is 0 Å². The minimum atomic E-state index is -0.102. The van der Waals surface area contributed by atoms with Crippen LogP contribution in [0.3, 0.4) is 0 Å². The van der Waals surface area contributed by atoms with Gasteiger partial charge in [-0.25, -0.2) is 0 Å². The minimum Gasteiger partial charge on any atom is -0.301 e. The lowest BCUT2D eigenvalue weighted by Gasteiger charge is -2.23. The third-order valence-corrected chi connectivity index (χ3v) is 2.26. The molecule has 0 aliphatic rings. The largest absolute Gasteiger partial charge is 0.301 e. The molecule has 0 bridgehead atoms. The van der Waals surface area contributed by atoms with Crippen LogP contribution in [0.25, 0.3) is 0 Å². The van der Waals surface area contributed by atoms with Crippen LogP contribution in [0.1, 0.15) is 40.5 Å². The second-order valence-electron chi connectivity index (χ2n) is 3.94. The average molecular weight is 167 g/mol.